The molecule has 0 atom stereocenters. The largest absolute Gasteiger partial charge is 0.314 e. The Labute approximate surface area is 97.0 Å². The van der Waals surface area contributed by atoms with Crippen LogP contribution in [0.4, 0.5) is 0 Å². The van der Waals surface area contributed by atoms with Crippen LogP contribution < -0.4 is 5.32 Å². The highest BCUT2D eigenvalue weighted by atomic mass is 79.9. The van der Waals surface area contributed by atoms with Crippen LogP contribution in [0.25, 0.3) is 11.1 Å². The van der Waals surface area contributed by atoms with Crippen LogP contribution in [-0.2, 0) is 6.54 Å². The van der Waals surface area contributed by atoms with Crippen molar-refractivity contribution in [1.29, 1.82) is 0 Å². The molecule has 0 saturated heterocycles. The molecule has 0 aliphatic rings. The highest BCUT2D eigenvalue weighted by Gasteiger charge is 2.05. The zero-order chi connectivity index (χ0) is 10.7. The zero-order valence-electron chi connectivity index (χ0n) is 8.42. The van der Waals surface area contributed by atoms with E-state index in [1.807, 2.05) is 25.4 Å². The lowest BCUT2D eigenvalue weighted by Crippen LogP contribution is -2.06. The van der Waals surface area contributed by atoms with E-state index in [4.69, 9.17) is 0 Å². The Morgan fingerprint density at radius 2 is 2.07 bits per heavy atom. The summed E-state index contributed by atoms with van der Waals surface area (Å²) in [7, 11) is 1.92. The van der Waals surface area contributed by atoms with Gasteiger partial charge in [0.1, 0.15) is 0 Å². The Morgan fingerprint density at radius 1 is 1.33 bits per heavy atom. The van der Waals surface area contributed by atoms with Crippen molar-refractivity contribution in [2.24, 2.45) is 0 Å². The Kier molecular flexibility index (Phi) is 3.18. The maximum absolute atomic E-state index is 4.06. The van der Waals surface area contributed by atoms with Gasteiger partial charge in [0.05, 0.1) is 11.9 Å². The van der Waals surface area contributed by atoms with Gasteiger partial charge in [0.25, 0.3) is 0 Å². The molecule has 0 amide bonds. The molecule has 1 aromatic heterocycles. The minimum absolute atomic E-state index is 0.797. The summed E-state index contributed by atoms with van der Waals surface area (Å²) in [5.74, 6) is 0. The summed E-state index contributed by atoms with van der Waals surface area (Å²) < 4.78 is 1.09. The smallest absolute Gasteiger partial charge is 0.0569 e. The summed E-state index contributed by atoms with van der Waals surface area (Å²) in [5, 5.41) is 10.2. The van der Waals surface area contributed by atoms with Gasteiger partial charge in [-0.3, -0.25) is 5.10 Å². The number of H-pyrrole nitrogens is 1. The highest BCUT2D eigenvalue weighted by molar-refractivity contribution is 9.10. The van der Waals surface area contributed by atoms with Gasteiger partial charge in [-0.05, 0) is 24.7 Å². The summed E-state index contributed by atoms with van der Waals surface area (Å²) in [6.07, 6.45) is 1.86. The quantitative estimate of drug-likeness (QED) is 0.896. The monoisotopic (exact) mass is 265 g/mol. The lowest BCUT2D eigenvalue weighted by molar-refractivity contribution is 0.785. The van der Waals surface area contributed by atoms with Crippen LogP contribution in [0.2, 0.25) is 0 Å². The molecular weight excluding hydrogens is 254 g/mol. The molecular formula is C11H12BrN3. The first-order valence-electron chi connectivity index (χ1n) is 4.74. The van der Waals surface area contributed by atoms with Gasteiger partial charge < -0.3 is 5.32 Å². The molecule has 0 spiro atoms. The fraction of sp³-hybridized carbons (Fsp3) is 0.182. The van der Waals surface area contributed by atoms with E-state index in [1.54, 1.807) is 0 Å². The van der Waals surface area contributed by atoms with Crippen molar-refractivity contribution < 1.29 is 0 Å². The van der Waals surface area contributed by atoms with Crippen molar-refractivity contribution in [3.63, 3.8) is 0 Å². The molecule has 2 aromatic rings. The molecule has 0 unspecified atom stereocenters. The molecule has 3 nitrogen and oxygen atoms in total. The van der Waals surface area contributed by atoms with Gasteiger partial charge in [-0.2, -0.15) is 5.10 Å². The molecule has 4 heteroatoms. The van der Waals surface area contributed by atoms with Crippen LogP contribution in [0.15, 0.2) is 34.9 Å². The van der Waals surface area contributed by atoms with Crippen molar-refractivity contribution >= 4 is 15.9 Å². The molecule has 2 N–H and O–H groups in total. The summed E-state index contributed by atoms with van der Waals surface area (Å²) in [4.78, 5) is 0. The number of hydrogen-bond donors (Lipinski definition) is 2. The Bertz CT molecular complexity index is 433. The van der Waals surface area contributed by atoms with Gasteiger partial charge in [-0.15, -0.1) is 0 Å². The first kappa shape index (κ1) is 10.4. The molecule has 0 fully saturated rings. The Morgan fingerprint density at radius 3 is 2.73 bits per heavy atom. The minimum atomic E-state index is 0.797. The Hall–Kier alpha value is -1.13. The molecule has 0 saturated carbocycles. The number of nitrogens with one attached hydrogen (secondary N) is 2. The average Bonchev–Trinajstić information content (AvgIpc) is 2.68. The lowest BCUT2D eigenvalue weighted by Gasteiger charge is -2.02. The molecule has 0 radical (unpaired) electrons. The number of aromatic amines is 1. The van der Waals surface area contributed by atoms with Crippen LogP contribution in [0.1, 0.15) is 5.69 Å². The zero-order valence-corrected chi connectivity index (χ0v) is 10.0. The maximum atomic E-state index is 4.06. The third kappa shape index (κ3) is 2.27. The average molecular weight is 266 g/mol. The molecule has 0 aliphatic heterocycles. The summed E-state index contributed by atoms with van der Waals surface area (Å²) >= 11 is 3.42. The number of hydrogen-bond acceptors (Lipinski definition) is 2. The predicted molar refractivity (Wildman–Crippen MR) is 64.5 cm³/mol. The third-order valence-electron chi connectivity index (χ3n) is 2.23. The minimum Gasteiger partial charge on any atom is -0.314 e. The second-order valence-electron chi connectivity index (χ2n) is 3.30. The molecule has 0 bridgehead atoms. The van der Waals surface area contributed by atoms with Crippen molar-refractivity contribution in [2.75, 3.05) is 7.05 Å². The van der Waals surface area contributed by atoms with Crippen LogP contribution in [0.3, 0.4) is 0 Å². The number of rotatable bonds is 3. The number of halogens is 1. The van der Waals surface area contributed by atoms with Gasteiger partial charge in [-0.25, -0.2) is 0 Å². The Balaban J connectivity index is 2.36. The molecule has 15 heavy (non-hydrogen) atoms. The van der Waals surface area contributed by atoms with E-state index < -0.39 is 0 Å². The van der Waals surface area contributed by atoms with Gasteiger partial charge in [0, 0.05) is 16.6 Å². The van der Waals surface area contributed by atoms with E-state index in [9.17, 15) is 0 Å². The fourth-order valence-electron chi connectivity index (χ4n) is 1.50. The van der Waals surface area contributed by atoms with E-state index in [1.165, 1.54) is 5.56 Å². The molecule has 1 aromatic carbocycles. The van der Waals surface area contributed by atoms with Crippen LogP contribution >= 0.6 is 15.9 Å². The normalized spacial score (nSPS) is 10.5. The standard InChI is InChI=1S/C11H12BrN3/c1-13-7-11-10(6-14-15-11)8-2-4-9(12)5-3-8/h2-6,13H,7H2,1H3,(H,14,15). The van der Waals surface area contributed by atoms with Crippen molar-refractivity contribution in [3.05, 3.63) is 40.6 Å². The van der Waals surface area contributed by atoms with Gasteiger partial charge in [0.2, 0.25) is 0 Å². The second kappa shape index (κ2) is 4.59. The first-order valence-corrected chi connectivity index (χ1v) is 5.53. The van der Waals surface area contributed by atoms with Gasteiger partial charge >= 0.3 is 0 Å². The topological polar surface area (TPSA) is 40.7 Å². The molecule has 1 heterocycles. The predicted octanol–water partition coefficient (Wildman–Crippen LogP) is 2.56. The molecule has 0 aliphatic carbocycles. The first-order chi connectivity index (χ1) is 7.31. The number of benzene rings is 1. The maximum Gasteiger partial charge on any atom is 0.0569 e. The summed E-state index contributed by atoms with van der Waals surface area (Å²) in [6.45, 7) is 0.797. The van der Waals surface area contributed by atoms with Crippen molar-refractivity contribution in [1.82, 2.24) is 15.5 Å². The van der Waals surface area contributed by atoms with Crippen LogP contribution in [0, 0.1) is 0 Å². The van der Waals surface area contributed by atoms with Gasteiger partial charge in [-0.1, -0.05) is 28.1 Å². The number of nitrogens with zero attached hydrogens (tertiary/aromatic N) is 1. The summed E-state index contributed by atoms with van der Waals surface area (Å²) in [6, 6.07) is 8.22. The van der Waals surface area contributed by atoms with Crippen LogP contribution in [0.5, 0.6) is 0 Å². The lowest BCUT2D eigenvalue weighted by atomic mass is 10.1. The number of aromatic nitrogens is 2. The fourth-order valence-corrected chi connectivity index (χ4v) is 1.77. The van der Waals surface area contributed by atoms with Crippen molar-refractivity contribution in [3.8, 4) is 11.1 Å². The third-order valence-corrected chi connectivity index (χ3v) is 2.76. The second-order valence-corrected chi connectivity index (χ2v) is 4.22. The SMILES string of the molecule is CNCc1[nH]ncc1-c1ccc(Br)cc1. The van der Waals surface area contributed by atoms with E-state index >= 15 is 0 Å². The summed E-state index contributed by atoms with van der Waals surface area (Å²) in [5.41, 5.74) is 3.44. The van der Waals surface area contributed by atoms with Gasteiger partial charge in [0.15, 0.2) is 0 Å². The van der Waals surface area contributed by atoms with E-state index in [2.05, 4.69) is 43.6 Å². The van der Waals surface area contributed by atoms with Crippen LogP contribution in [-0.4, -0.2) is 17.2 Å². The van der Waals surface area contributed by atoms with Crippen molar-refractivity contribution in [2.45, 2.75) is 6.54 Å². The molecule has 2 rings (SSSR count). The van der Waals surface area contributed by atoms with E-state index in [0.717, 1.165) is 22.3 Å². The van der Waals surface area contributed by atoms with E-state index in [0.29, 0.717) is 0 Å². The van der Waals surface area contributed by atoms with E-state index in [-0.39, 0.29) is 0 Å². The highest BCUT2D eigenvalue weighted by Crippen LogP contribution is 2.23. The molecule has 78 valence electrons.